The Hall–Kier alpha value is -1.06. The summed E-state index contributed by atoms with van der Waals surface area (Å²) in [6.07, 6.45) is 0. The van der Waals surface area contributed by atoms with Gasteiger partial charge in [0.25, 0.3) is 0 Å². The minimum Gasteiger partial charge on any atom is -0.325 e. The molecule has 0 radical (unpaired) electrons. The number of hydrogen-bond donors (Lipinski definition) is 1. The van der Waals surface area contributed by atoms with Crippen LogP contribution in [-0.4, -0.2) is 28.9 Å². The summed E-state index contributed by atoms with van der Waals surface area (Å²) >= 11 is 0. The van der Waals surface area contributed by atoms with Gasteiger partial charge in [0, 0.05) is 6.54 Å². The largest absolute Gasteiger partial charge is 0.325 e. The first-order valence-corrected chi connectivity index (χ1v) is 3.63. The van der Waals surface area contributed by atoms with Gasteiger partial charge < -0.3 is 10.2 Å². The van der Waals surface area contributed by atoms with E-state index in [1.54, 1.807) is 13.8 Å². The van der Waals surface area contributed by atoms with Gasteiger partial charge in [-0.15, -0.1) is 0 Å². The first-order valence-electron chi connectivity index (χ1n) is 3.63. The van der Waals surface area contributed by atoms with E-state index in [0.29, 0.717) is 6.54 Å². The van der Waals surface area contributed by atoms with Gasteiger partial charge in [0.2, 0.25) is 0 Å². The van der Waals surface area contributed by atoms with Gasteiger partial charge in [-0.2, -0.15) is 0 Å². The molecule has 1 aliphatic rings. The number of nitrogens with one attached hydrogen (secondary N) is 1. The smallest absolute Gasteiger partial charge is 0.313 e. The van der Waals surface area contributed by atoms with Crippen molar-refractivity contribution >= 4 is 11.8 Å². The number of amides is 2. The van der Waals surface area contributed by atoms with Crippen molar-refractivity contribution in [3.8, 4) is 0 Å². The van der Waals surface area contributed by atoms with Gasteiger partial charge in [-0.3, -0.25) is 9.59 Å². The summed E-state index contributed by atoms with van der Waals surface area (Å²) in [4.78, 5) is 23.4. The van der Waals surface area contributed by atoms with Gasteiger partial charge in [0.05, 0.1) is 0 Å². The van der Waals surface area contributed by atoms with E-state index >= 15 is 0 Å². The zero-order valence-corrected chi connectivity index (χ0v) is 6.97. The number of nitrogens with zero attached hydrogens (tertiary/aromatic N) is 1. The van der Waals surface area contributed by atoms with E-state index in [2.05, 4.69) is 5.32 Å². The molecule has 1 heterocycles. The van der Waals surface area contributed by atoms with Crippen LogP contribution in [0.5, 0.6) is 0 Å². The highest BCUT2D eigenvalue weighted by atomic mass is 16.2. The number of carbonyl (C=O) groups is 2. The first kappa shape index (κ1) is 8.04. The number of hydrogen-bond acceptors (Lipinski definition) is 2. The Morgan fingerprint density at radius 2 is 2.00 bits per heavy atom. The lowest BCUT2D eigenvalue weighted by molar-refractivity contribution is -0.141. The Balaban J connectivity index is 2.91. The number of likely N-dealkylation sites (N-methyl/N-ethyl adjacent to an activating group) is 1. The molecule has 0 unspecified atom stereocenters. The third kappa shape index (κ3) is 1.08. The Labute approximate surface area is 65.6 Å². The van der Waals surface area contributed by atoms with E-state index in [1.165, 1.54) is 4.90 Å². The monoisotopic (exact) mass is 156 g/mol. The van der Waals surface area contributed by atoms with E-state index in [1.807, 2.05) is 6.92 Å². The molecule has 0 aromatic carbocycles. The lowest BCUT2D eigenvalue weighted by Crippen LogP contribution is -2.46. The fraction of sp³-hybridized carbons (Fsp3) is 0.714. The Morgan fingerprint density at radius 1 is 1.45 bits per heavy atom. The van der Waals surface area contributed by atoms with E-state index in [0.717, 1.165) is 0 Å². The molecule has 0 saturated carbocycles. The van der Waals surface area contributed by atoms with Crippen molar-refractivity contribution in [3.63, 3.8) is 0 Å². The maximum atomic E-state index is 11.1. The predicted molar refractivity (Wildman–Crippen MR) is 39.6 cm³/mol. The van der Waals surface area contributed by atoms with Crippen LogP contribution in [0.3, 0.4) is 0 Å². The van der Waals surface area contributed by atoms with E-state index in [-0.39, 0.29) is 0 Å². The van der Waals surface area contributed by atoms with Crippen LogP contribution in [-0.2, 0) is 9.59 Å². The molecule has 2 amide bonds. The molecular formula is C7H12N2O2. The molecule has 4 nitrogen and oxygen atoms in total. The summed E-state index contributed by atoms with van der Waals surface area (Å²) in [7, 11) is 0. The highest BCUT2D eigenvalue weighted by molar-refractivity contribution is 6.37. The summed E-state index contributed by atoms with van der Waals surface area (Å²) in [5, 5.41) is 2.58. The second-order valence-electron chi connectivity index (χ2n) is 3.06. The van der Waals surface area contributed by atoms with Crippen molar-refractivity contribution in [2.45, 2.75) is 26.4 Å². The van der Waals surface area contributed by atoms with E-state index < -0.39 is 17.5 Å². The summed E-state index contributed by atoms with van der Waals surface area (Å²) in [6.45, 7) is 6.02. The molecule has 1 aliphatic heterocycles. The SMILES string of the molecule is CCN1C(=O)C(=O)NC1(C)C. The van der Waals surface area contributed by atoms with Crippen molar-refractivity contribution in [2.75, 3.05) is 6.54 Å². The standard InChI is InChI=1S/C7H12N2O2/c1-4-9-6(11)5(10)8-7(9,2)3/h4H2,1-3H3,(H,8,10). The van der Waals surface area contributed by atoms with Gasteiger partial charge in [-0.25, -0.2) is 0 Å². The van der Waals surface area contributed by atoms with E-state index in [4.69, 9.17) is 0 Å². The molecule has 11 heavy (non-hydrogen) atoms. The highest BCUT2D eigenvalue weighted by Gasteiger charge is 2.42. The van der Waals surface area contributed by atoms with Crippen LogP contribution in [0, 0.1) is 0 Å². The summed E-state index contributed by atoms with van der Waals surface area (Å²) in [5.74, 6) is -0.936. The van der Waals surface area contributed by atoms with Gasteiger partial charge in [0.15, 0.2) is 0 Å². The lowest BCUT2D eigenvalue weighted by atomic mass is 10.2. The van der Waals surface area contributed by atoms with E-state index in [9.17, 15) is 9.59 Å². The zero-order valence-electron chi connectivity index (χ0n) is 6.97. The molecule has 0 aliphatic carbocycles. The fourth-order valence-electron chi connectivity index (χ4n) is 1.31. The Kier molecular flexibility index (Phi) is 1.62. The van der Waals surface area contributed by atoms with Crippen LogP contribution in [0.2, 0.25) is 0 Å². The average Bonchev–Trinajstić information content (AvgIpc) is 2.03. The highest BCUT2D eigenvalue weighted by Crippen LogP contribution is 2.16. The fourth-order valence-corrected chi connectivity index (χ4v) is 1.31. The van der Waals surface area contributed by atoms with Crippen LogP contribution in [0.15, 0.2) is 0 Å². The molecule has 0 atom stereocenters. The summed E-state index contributed by atoms with van der Waals surface area (Å²) in [6, 6.07) is 0. The molecule has 0 spiro atoms. The molecule has 1 fully saturated rings. The van der Waals surface area contributed by atoms with Crippen molar-refractivity contribution in [3.05, 3.63) is 0 Å². The van der Waals surface area contributed by atoms with Crippen molar-refractivity contribution in [1.82, 2.24) is 10.2 Å². The second kappa shape index (κ2) is 2.22. The molecule has 0 aromatic heterocycles. The Bertz CT molecular complexity index is 210. The lowest BCUT2D eigenvalue weighted by Gasteiger charge is -2.28. The molecule has 0 aromatic rings. The molecule has 4 heteroatoms. The quantitative estimate of drug-likeness (QED) is 0.530. The predicted octanol–water partition coefficient (Wildman–Crippen LogP) is -0.299. The average molecular weight is 156 g/mol. The van der Waals surface area contributed by atoms with Crippen LogP contribution in [0.1, 0.15) is 20.8 Å². The van der Waals surface area contributed by atoms with Crippen LogP contribution in [0.25, 0.3) is 0 Å². The van der Waals surface area contributed by atoms with Crippen molar-refractivity contribution in [1.29, 1.82) is 0 Å². The second-order valence-corrected chi connectivity index (χ2v) is 3.06. The minimum absolute atomic E-state index is 0.433. The molecule has 1 rings (SSSR count). The van der Waals surface area contributed by atoms with Gasteiger partial charge in [-0.1, -0.05) is 0 Å². The first-order chi connectivity index (χ1) is 4.99. The van der Waals surface area contributed by atoms with Crippen molar-refractivity contribution in [2.24, 2.45) is 0 Å². The number of rotatable bonds is 1. The van der Waals surface area contributed by atoms with Crippen LogP contribution in [0.4, 0.5) is 0 Å². The maximum Gasteiger partial charge on any atom is 0.313 e. The normalized spacial score (nSPS) is 22.3. The Morgan fingerprint density at radius 3 is 2.18 bits per heavy atom. The summed E-state index contributed by atoms with van der Waals surface area (Å²) < 4.78 is 0. The van der Waals surface area contributed by atoms with Crippen molar-refractivity contribution < 1.29 is 9.59 Å². The maximum absolute atomic E-state index is 11.1. The molecule has 1 saturated heterocycles. The third-order valence-electron chi connectivity index (χ3n) is 1.85. The van der Waals surface area contributed by atoms with Crippen LogP contribution >= 0.6 is 0 Å². The van der Waals surface area contributed by atoms with Gasteiger partial charge in [0.1, 0.15) is 5.66 Å². The summed E-state index contributed by atoms with van der Waals surface area (Å²) in [5.41, 5.74) is -0.511. The molecule has 1 N–H and O–H groups in total. The van der Waals surface area contributed by atoms with Crippen LogP contribution < -0.4 is 5.32 Å². The minimum atomic E-state index is -0.511. The topological polar surface area (TPSA) is 49.4 Å². The molecule has 0 bridgehead atoms. The molecule has 62 valence electrons. The third-order valence-corrected chi connectivity index (χ3v) is 1.85. The zero-order chi connectivity index (χ0) is 8.65. The number of carbonyl (C=O) groups excluding carboxylic acids is 2. The molecular weight excluding hydrogens is 144 g/mol. The van der Waals surface area contributed by atoms with Gasteiger partial charge in [-0.05, 0) is 20.8 Å². The van der Waals surface area contributed by atoms with Gasteiger partial charge >= 0.3 is 11.8 Å².